The summed E-state index contributed by atoms with van der Waals surface area (Å²) in [6, 6.07) is 4.29. The van der Waals surface area contributed by atoms with Crippen molar-refractivity contribution in [2.45, 2.75) is 44.2 Å². The molecule has 4 heteroatoms. The summed E-state index contributed by atoms with van der Waals surface area (Å²) in [7, 11) is 1.68. The van der Waals surface area contributed by atoms with Crippen LogP contribution in [0.25, 0.3) is 0 Å². The van der Waals surface area contributed by atoms with E-state index in [4.69, 9.17) is 14.2 Å². The molecule has 0 aromatic heterocycles. The highest BCUT2D eigenvalue weighted by atomic mass is 79.9. The van der Waals surface area contributed by atoms with Gasteiger partial charge in [-0.05, 0) is 43.5 Å². The van der Waals surface area contributed by atoms with E-state index in [-0.39, 0.29) is 12.2 Å². The number of methoxy groups -OCH3 is 1. The van der Waals surface area contributed by atoms with Crippen molar-refractivity contribution >= 4 is 15.9 Å². The highest BCUT2D eigenvalue weighted by Gasteiger charge is 2.42. The van der Waals surface area contributed by atoms with Crippen molar-refractivity contribution in [2.75, 3.05) is 20.3 Å². The normalized spacial score (nSPS) is 25.4. The van der Waals surface area contributed by atoms with Gasteiger partial charge in [0.2, 0.25) is 0 Å². The third-order valence-corrected chi connectivity index (χ3v) is 4.72. The largest absolute Gasteiger partial charge is 0.487 e. The van der Waals surface area contributed by atoms with Gasteiger partial charge < -0.3 is 14.2 Å². The van der Waals surface area contributed by atoms with E-state index < -0.39 is 0 Å². The first kappa shape index (κ1) is 15.8. The molecule has 20 heavy (non-hydrogen) atoms. The Kier molecular flexibility index (Phi) is 5.47. The number of rotatable bonds is 6. The lowest BCUT2D eigenvalue weighted by Crippen LogP contribution is -2.52. The quantitative estimate of drug-likeness (QED) is 0.584. The molecule has 3 nitrogen and oxygen atoms in total. The van der Waals surface area contributed by atoms with Gasteiger partial charge in [-0.15, -0.1) is 0 Å². The Labute approximate surface area is 129 Å². The molecule has 1 aliphatic carbocycles. The van der Waals surface area contributed by atoms with Crippen molar-refractivity contribution in [1.29, 1.82) is 0 Å². The smallest absolute Gasteiger partial charge is 0.127 e. The maximum Gasteiger partial charge on any atom is 0.127 e. The first-order valence-corrected chi connectivity index (χ1v) is 7.93. The molecular weight excluding hydrogens is 320 g/mol. The summed E-state index contributed by atoms with van der Waals surface area (Å²) in [5, 5.41) is 0. The molecule has 0 spiro atoms. The van der Waals surface area contributed by atoms with Crippen molar-refractivity contribution in [3.05, 3.63) is 28.8 Å². The number of hydrogen-bond donors (Lipinski definition) is 0. The van der Waals surface area contributed by atoms with Gasteiger partial charge in [0, 0.05) is 18.4 Å². The minimum Gasteiger partial charge on any atom is -0.487 e. The molecule has 0 N–H and O–H groups in total. The molecule has 1 saturated carbocycles. The highest BCUT2D eigenvalue weighted by Crippen LogP contribution is 2.35. The van der Waals surface area contributed by atoms with E-state index in [1.807, 2.05) is 0 Å². The third-order valence-electron chi connectivity index (χ3n) is 3.82. The maximum absolute atomic E-state index is 6.16. The van der Waals surface area contributed by atoms with Gasteiger partial charge in [0.15, 0.2) is 0 Å². The van der Waals surface area contributed by atoms with Gasteiger partial charge in [0.25, 0.3) is 0 Å². The van der Waals surface area contributed by atoms with E-state index in [0.717, 1.165) is 12.2 Å². The van der Waals surface area contributed by atoms with E-state index in [1.165, 1.54) is 16.7 Å². The van der Waals surface area contributed by atoms with Crippen LogP contribution >= 0.6 is 15.9 Å². The van der Waals surface area contributed by atoms with Gasteiger partial charge >= 0.3 is 0 Å². The lowest BCUT2D eigenvalue weighted by Gasteiger charge is -2.41. The molecule has 0 bridgehead atoms. The maximum atomic E-state index is 6.16. The summed E-state index contributed by atoms with van der Waals surface area (Å²) in [5.74, 6) is 0.979. The van der Waals surface area contributed by atoms with Gasteiger partial charge in [0.1, 0.15) is 18.0 Å². The Bertz CT molecular complexity index is 461. The van der Waals surface area contributed by atoms with Crippen LogP contribution in [-0.4, -0.2) is 37.4 Å². The fraction of sp³-hybridized carbons (Fsp3) is 0.625. The molecule has 1 aliphatic rings. The molecule has 1 fully saturated rings. The first-order valence-electron chi connectivity index (χ1n) is 7.02. The number of halogens is 1. The van der Waals surface area contributed by atoms with Crippen molar-refractivity contribution in [3.63, 3.8) is 0 Å². The number of alkyl halides is 1. The Hall–Kier alpha value is -0.580. The molecule has 0 heterocycles. The van der Waals surface area contributed by atoms with Crippen LogP contribution in [0.15, 0.2) is 12.1 Å². The molecule has 0 amide bonds. The summed E-state index contributed by atoms with van der Waals surface area (Å²) in [6.07, 6.45) is 1.20. The molecule has 0 aliphatic heterocycles. The molecule has 2 rings (SSSR count). The lowest BCUT2D eigenvalue weighted by molar-refractivity contribution is -0.0867. The number of ether oxygens (including phenoxy) is 3. The van der Waals surface area contributed by atoms with Crippen molar-refractivity contribution in [2.24, 2.45) is 0 Å². The molecule has 1 aromatic rings. The third kappa shape index (κ3) is 3.54. The van der Waals surface area contributed by atoms with E-state index in [0.29, 0.717) is 18.0 Å². The predicted octanol–water partition coefficient (Wildman–Crippen LogP) is 3.56. The second-order valence-electron chi connectivity index (χ2n) is 5.44. The molecular formula is C16H23BrO3. The number of hydrogen-bond acceptors (Lipinski definition) is 3. The average molecular weight is 343 g/mol. The zero-order valence-corrected chi connectivity index (χ0v) is 14.2. The van der Waals surface area contributed by atoms with E-state index in [1.54, 1.807) is 7.11 Å². The molecule has 1 aromatic carbocycles. The van der Waals surface area contributed by atoms with Crippen molar-refractivity contribution < 1.29 is 14.2 Å². The van der Waals surface area contributed by atoms with Crippen LogP contribution in [0.1, 0.15) is 23.1 Å². The molecule has 3 unspecified atom stereocenters. The monoisotopic (exact) mass is 342 g/mol. The predicted molar refractivity (Wildman–Crippen MR) is 84.0 cm³/mol. The molecule has 3 atom stereocenters. The van der Waals surface area contributed by atoms with E-state index in [2.05, 4.69) is 48.8 Å². The van der Waals surface area contributed by atoms with Crippen LogP contribution in [0.2, 0.25) is 0 Å². The zero-order chi connectivity index (χ0) is 14.7. The topological polar surface area (TPSA) is 27.7 Å². The van der Waals surface area contributed by atoms with Crippen LogP contribution in [-0.2, 0) is 9.47 Å². The summed E-state index contributed by atoms with van der Waals surface area (Å²) in [5.41, 5.74) is 3.71. The molecule has 0 radical (unpaired) electrons. The van der Waals surface area contributed by atoms with E-state index in [9.17, 15) is 0 Å². The lowest BCUT2D eigenvalue weighted by atomic mass is 9.91. The summed E-state index contributed by atoms with van der Waals surface area (Å²) < 4.78 is 17.0. The second kappa shape index (κ2) is 6.92. The molecule has 112 valence electrons. The Morgan fingerprint density at radius 3 is 2.60 bits per heavy atom. The van der Waals surface area contributed by atoms with Crippen molar-refractivity contribution in [1.82, 2.24) is 0 Å². The Morgan fingerprint density at radius 2 is 1.95 bits per heavy atom. The zero-order valence-electron chi connectivity index (χ0n) is 12.6. The van der Waals surface area contributed by atoms with E-state index >= 15 is 0 Å². The van der Waals surface area contributed by atoms with Crippen LogP contribution in [0.4, 0.5) is 0 Å². The molecule has 0 saturated heterocycles. The summed E-state index contributed by atoms with van der Waals surface area (Å²) in [4.78, 5) is 0.371. The van der Waals surface area contributed by atoms with Crippen molar-refractivity contribution in [3.8, 4) is 5.75 Å². The second-order valence-corrected chi connectivity index (χ2v) is 6.62. The van der Waals surface area contributed by atoms with Gasteiger partial charge in [-0.25, -0.2) is 0 Å². The van der Waals surface area contributed by atoms with Gasteiger partial charge in [-0.2, -0.15) is 0 Å². The highest BCUT2D eigenvalue weighted by molar-refractivity contribution is 9.09. The summed E-state index contributed by atoms with van der Waals surface area (Å²) >= 11 is 3.63. The fourth-order valence-corrected chi connectivity index (χ4v) is 3.27. The van der Waals surface area contributed by atoms with Crippen LogP contribution in [0.3, 0.4) is 0 Å². The Balaban J connectivity index is 1.99. The van der Waals surface area contributed by atoms with Gasteiger partial charge in [-0.3, -0.25) is 0 Å². The van der Waals surface area contributed by atoms with Crippen LogP contribution in [0.5, 0.6) is 5.75 Å². The van der Waals surface area contributed by atoms with Crippen LogP contribution < -0.4 is 4.74 Å². The average Bonchev–Trinajstić information content (AvgIpc) is 2.39. The SMILES string of the molecule is COCCOC1C(Br)CC1Oc1cc(C)cc(C)c1C. The van der Waals surface area contributed by atoms with Crippen LogP contribution in [0, 0.1) is 20.8 Å². The standard InChI is InChI=1S/C16H23BrO3/c1-10-7-11(2)12(3)14(8-10)20-15-9-13(17)16(15)19-6-5-18-4/h7-8,13,15-16H,5-6,9H2,1-4H3. The summed E-state index contributed by atoms with van der Waals surface area (Å²) in [6.45, 7) is 7.55. The first-order chi connectivity index (χ1) is 9.52. The van der Waals surface area contributed by atoms with Gasteiger partial charge in [0.05, 0.1) is 13.2 Å². The number of benzene rings is 1. The minimum atomic E-state index is 0.102. The Morgan fingerprint density at radius 1 is 1.20 bits per heavy atom. The number of aryl methyl sites for hydroxylation is 2. The van der Waals surface area contributed by atoms with Gasteiger partial charge in [-0.1, -0.05) is 22.0 Å². The minimum absolute atomic E-state index is 0.102. The fourth-order valence-electron chi connectivity index (χ4n) is 2.41.